The number of carbonyl (C=O) groups excluding carboxylic acids is 1. The summed E-state index contributed by atoms with van der Waals surface area (Å²) in [5.41, 5.74) is 0. The average Bonchev–Trinajstić information content (AvgIpc) is 3.12. The Bertz CT molecular complexity index is 563. The minimum atomic E-state index is -4.30. The topological polar surface area (TPSA) is 131 Å². The Morgan fingerprint density at radius 2 is 1.68 bits per heavy atom. The predicted octanol–water partition coefficient (Wildman–Crippen LogP) is 2.63. The van der Waals surface area contributed by atoms with Gasteiger partial charge in [-0.05, 0) is 12.8 Å². The van der Waals surface area contributed by atoms with Crippen molar-refractivity contribution in [2.24, 2.45) is 0 Å². The van der Waals surface area contributed by atoms with E-state index < -0.39 is 28.1 Å². The Morgan fingerprint density at radius 1 is 1.10 bits per heavy atom. The molecule has 9 nitrogen and oxygen atoms in total. The van der Waals surface area contributed by atoms with Crippen LogP contribution in [0.25, 0.3) is 0 Å². The average molecular weight is 477 g/mol. The third-order valence-corrected chi connectivity index (χ3v) is 5.70. The maximum absolute atomic E-state index is 11.6. The first-order valence-electron chi connectivity index (χ1n) is 11.1. The van der Waals surface area contributed by atoms with Crippen molar-refractivity contribution in [2.45, 2.75) is 96.1 Å². The molecule has 11 heteroatoms. The van der Waals surface area contributed by atoms with Gasteiger partial charge in [-0.15, -0.1) is 0 Å². The number of unbranched alkanes of at least 4 members (excludes halogenated alkanes) is 9. The third kappa shape index (κ3) is 18.2. The van der Waals surface area contributed by atoms with Crippen LogP contribution in [0.5, 0.6) is 0 Å². The zero-order valence-electron chi connectivity index (χ0n) is 19.1. The standard InChI is InChI=1S/C20H39NO8S.Na/c1-2-3-4-5-6-7-8-9-10-11-12-19-27-14-18(29-19)15-28-20(23)21-13-17(22)16-30(24,25)26;/h17-19,22H,2-16H2,1H3,(H,21,23)(H,24,25,26);. The van der Waals surface area contributed by atoms with E-state index in [0.717, 1.165) is 19.3 Å². The van der Waals surface area contributed by atoms with Gasteiger partial charge in [-0.25, -0.2) is 4.79 Å². The van der Waals surface area contributed by atoms with Gasteiger partial charge in [-0.3, -0.25) is 4.55 Å². The molecular formula is C20H39NNaO8S. The fourth-order valence-corrected chi connectivity index (χ4v) is 3.87. The molecule has 1 saturated heterocycles. The minimum Gasteiger partial charge on any atom is -0.447 e. The van der Waals surface area contributed by atoms with Crippen molar-refractivity contribution in [1.82, 2.24) is 5.32 Å². The van der Waals surface area contributed by atoms with Crippen LogP contribution in [0, 0.1) is 0 Å². The summed E-state index contributed by atoms with van der Waals surface area (Å²) in [7, 11) is -4.30. The Labute approximate surface area is 209 Å². The second kappa shape index (κ2) is 18.5. The molecular weight excluding hydrogens is 437 g/mol. The van der Waals surface area contributed by atoms with Crippen molar-refractivity contribution < 1.29 is 37.1 Å². The van der Waals surface area contributed by atoms with Crippen molar-refractivity contribution in [3.63, 3.8) is 0 Å². The summed E-state index contributed by atoms with van der Waals surface area (Å²) in [5.74, 6) is -0.854. The summed E-state index contributed by atoms with van der Waals surface area (Å²) < 4.78 is 46.1. The van der Waals surface area contributed by atoms with Gasteiger partial charge in [0.15, 0.2) is 6.29 Å². The molecule has 0 aromatic rings. The van der Waals surface area contributed by atoms with Crippen LogP contribution in [0.3, 0.4) is 0 Å². The first-order chi connectivity index (χ1) is 14.3. The number of ether oxygens (including phenoxy) is 3. The van der Waals surface area contributed by atoms with E-state index in [1.165, 1.54) is 51.4 Å². The van der Waals surface area contributed by atoms with E-state index in [9.17, 15) is 18.3 Å². The van der Waals surface area contributed by atoms with E-state index in [-0.39, 0.29) is 55.1 Å². The van der Waals surface area contributed by atoms with Gasteiger partial charge in [0.2, 0.25) is 0 Å². The van der Waals surface area contributed by atoms with E-state index in [0.29, 0.717) is 6.61 Å². The van der Waals surface area contributed by atoms with Crippen molar-refractivity contribution in [2.75, 3.05) is 25.5 Å². The predicted molar refractivity (Wildman–Crippen MR) is 119 cm³/mol. The molecule has 0 aromatic carbocycles. The second-order valence-corrected chi connectivity index (χ2v) is 9.37. The monoisotopic (exact) mass is 476 g/mol. The van der Waals surface area contributed by atoms with Gasteiger partial charge in [0.05, 0.1) is 12.7 Å². The van der Waals surface area contributed by atoms with Crippen LogP contribution in [-0.4, -0.2) is 97.7 Å². The Morgan fingerprint density at radius 3 is 2.26 bits per heavy atom. The van der Waals surface area contributed by atoms with E-state index >= 15 is 0 Å². The molecule has 3 N–H and O–H groups in total. The Kier molecular flexibility index (Phi) is 18.5. The Hall–Kier alpha value is 0.0600. The SMILES string of the molecule is CCCCCCCCCCCCC1OCC(COC(=O)NCC(O)CS(=O)(=O)O)O1.[Na]. The van der Waals surface area contributed by atoms with Crippen molar-refractivity contribution >= 4 is 45.8 Å². The molecule has 0 saturated carbocycles. The molecule has 3 atom stereocenters. The van der Waals surface area contributed by atoms with Crippen LogP contribution in [-0.2, 0) is 24.3 Å². The number of hydrogen-bond donors (Lipinski definition) is 3. The Balaban J connectivity index is 0.00000900. The number of carbonyl (C=O) groups is 1. The van der Waals surface area contributed by atoms with Crippen LogP contribution in [0.1, 0.15) is 77.6 Å². The number of aliphatic hydroxyl groups excluding tert-OH is 1. The van der Waals surface area contributed by atoms with Crippen LogP contribution in [0.4, 0.5) is 4.79 Å². The summed E-state index contributed by atoms with van der Waals surface area (Å²) in [6, 6.07) is 0. The van der Waals surface area contributed by atoms with Crippen LogP contribution in [0.15, 0.2) is 0 Å². The molecule has 1 rings (SSSR count). The smallest absolute Gasteiger partial charge is 0.407 e. The summed E-state index contributed by atoms with van der Waals surface area (Å²) in [4.78, 5) is 11.6. The maximum Gasteiger partial charge on any atom is 0.407 e. The first-order valence-corrected chi connectivity index (χ1v) is 12.7. The summed E-state index contributed by atoms with van der Waals surface area (Å²) in [6.45, 7) is 2.24. The number of amides is 1. The largest absolute Gasteiger partial charge is 0.447 e. The van der Waals surface area contributed by atoms with E-state index in [2.05, 4.69) is 12.2 Å². The van der Waals surface area contributed by atoms with Crippen LogP contribution >= 0.6 is 0 Å². The molecule has 0 bridgehead atoms. The molecule has 1 aliphatic rings. The van der Waals surface area contributed by atoms with Gasteiger partial charge in [-0.1, -0.05) is 64.7 Å². The molecule has 1 fully saturated rings. The third-order valence-electron chi connectivity index (χ3n) is 4.89. The van der Waals surface area contributed by atoms with Crippen LogP contribution < -0.4 is 5.32 Å². The molecule has 1 aliphatic heterocycles. The first kappa shape index (κ1) is 31.1. The van der Waals surface area contributed by atoms with E-state index in [1.807, 2.05) is 0 Å². The normalized spacial score (nSPS) is 19.6. The fourth-order valence-electron chi connectivity index (χ4n) is 3.27. The quantitative estimate of drug-likeness (QED) is 0.166. The van der Waals surface area contributed by atoms with Crippen molar-refractivity contribution in [3.8, 4) is 0 Å². The van der Waals surface area contributed by atoms with Gasteiger partial charge in [0.1, 0.15) is 18.5 Å². The summed E-state index contributed by atoms with van der Waals surface area (Å²) in [6.07, 6.45) is 10.7. The molecule has 1 heterocycles. The second-order valence-electron chi connectivity index (χ2n) is 7.87. The number of hydrogen-bond acceptors (Lipinski definition) is 7. The van der Waals surface area contributed by atoms with Gasteiger partial charge in [0.25, 0.3) is 10.1 Å². The number of nitrogens with one attached hydrogen (secondary N) is 1. The summed E-state index contributed by atoms with van der Waals surface area (Å²) >= 11 is 0. The van der Waals surface area contributed by atoms with Gasteiger partial charge >= 0.3 is 6.09 Å². The maximum atomic E-state index is 11.6. The molecule has 0 spiro atoms. The molecule has 179 valence electrons. The molecule has 1 amide bonds. The van der Waals surface area contributed by atoms with Gasteiger partial charge < -0.3 is 24.6 Å². The molecule has 0 aromatic heterocycles. The van der Waals surface area contributed by atoms with Crippen molar-refractivity contribution in [1.29, 1.82) is 0 Å². The van der Waals surface area contributed by atoms with Gasteiger partial charge in [-0.2, -0.15) is 8.42 Å². The van der Waals surface area contributed by atoms with E-state index in [1.54, 1.807) is 0 Å². The zero-order valence-corrected chi connectivity index (χ0v) is 21.9. The molecule has 0 aliphatic carbocycles. The van der Waals surface area contributed by atoms with Crippen molar-refractivity contribution in [3.05, 3.63) is 0 Å². The minimum absolute atomic E-state index is 0. The molecule has 3 unspecified atom stereocenters. The van der Waals surface area contributed by atoms with Gasteiger partial charge in [0, 0.05) is 36.1 Å². The number of aliphatic hydroxyl groups is 1. The van der Waals surface area contributed by atoms with Crippen LogP contribution in [0.2, 0.25) is 0 Å². The molecule has 1 radical (unpaired) electrons. The van der Waals surface area contributed by atoms with E-state index in [4.69, 9.17) is 18.8 Å². The number of alkyl carbamates (subject to hydrolysis) is 1. The fraction of sp³-hybridized carbons (Fsp3) is 0.950. The summed E-state index contributed by atoms with van der Waals surface area (Å²) in [5, 5.41) is 11.6. The molecule has 31 heavy (non-hydrogen) atoms. The number of rotatable bonds is 17. The zero-order chi connectivity index (χ0) is 22.2.